The second-order valence-electron chi connectivity index (χ2n) is 6.01. The van der Waals surface area contributed by atoms with Gasteiger partial charge in [0.05, 0.1) is 16.5 Å². The lowest BCUT2D eigenvalue weighted by Crippen LogP contribution is -2.31. The molecule has 0 heterocycles. The molecule has 0 aliphatic rings. The summed E-state index contributed by atoms with van der Waals surface area (Å²) in [6, 6.07) is 13.7. The van der Waals surface area contributed by atoms with Crippen LogP contribution in [0.1, 0.15) is 5.56 Å². The molecule has 9 heteroatoms. The number of rotatable bonds is 10. The van der Waals surface area contributed by atoms with Gasteiger partial charge in [-0.15, -0.1) is 0 Å². The van der Waals surface area contributed by atoms with Crippen LogP contribution in [0.15, 0.2) is 53.4 Å². The fraction of sp³-hybridized carbons (Fsp3) is 0.316. The van der Waals surface area contributed by atoms with Crippen molar-refractivity contribution in [1.29, 1.82) is 0 Å². The van der Waals surface area contributed by atoms with Crippen LogP contribution in [0.25, 0.3) is 0 Å². The zero-order valence-electron chi connectivity index (χ0n) is 15.7. The molecule has 2 aromatic carbocycles. The number of carbonyl (C=O) groups is 1. The summed E-state index contributed by atoms with van der Waals surface area (Å²) in [6.45, 7) is 0.659. The average Bonchev–Trinajstić information content (AvgIpc) is 2.67. The van der Waals surface area contributed by atoms with Crippen LogP contribution >= 0.6 is 11.6 Å². The molecule has 0 unspecified atom stereocenters. The SMILES string of the molecule is COCCNS(=O)(=O)c1ccc(OCC(=O)N(C)Cc2ccccc2)c(Cl)c1. The quantitative estimate of drug-likeness (QED) is 0.589. The molecule has 0 radical (unpaired) electrons. The zero-order chi connectivity index (χ0) is 20.6. The maximum atomic E-state index is 12.2. The van der Waals surface area contributed by atoms with Gasteiger partial charge in [0.25, 0.3) is 5.91 Å². The van der Waals surface area contributed by atoms with E-state index in [-0.39, 0.29) is 41.3 Å². The maximum Gasteiger partial charge on any atom is 0.260 e. The van der Waals surface area contributed by atoms with Crippen LogP contribution in [-0.2, 0) is 26.1 Å². The van der Waals surface area contributed by atoms with Gasteiger partial charge in [-0.2, -0.15) is 0 Å². The van der Waals surface area contributed by atoms with Crippen molar-refractivity contribution in [3.63, 3.8) is 0 Å². The molecule has 1 N–H and O–H groups in total. The molecule has 0 saturated heterocycles. The highest BCUT2D eigenvalue weighted by Crippen LogP contribution is 2.27. The molecule has 2 aromatic rings. The minimum Gasteiger partial charge on any atom is -0.482 e. The van der Waals surface area contributed by atoms with E-state index in [0.717, 1.165) is 5.56 Å². The Morgan fingerprint density at radius 3 is 2.54 bits per heavy atom. The molecule has 1 amide bonds. The van der Waals surface area contributed by atoms with E-state index in [2.05, 4.69) is 4.72 Å². The van der Waals surface area contributed by atoms with Crippen molar-refractivity contribution in [1.82, 2.24) is 9.62 Å². The summed E-state index contributed by atoms with van der Waals surface area (Å²) in [7, 11) is -0.532. The van der Waals surface area contributed by atoms with Crippen molar-refractivity contribution in [3.05, 3.63) is 59.1 Å². The lowest BCUT2D eigenvalue weighted by atomic mass is 10.2. The van der Waals surface area contributed by atoms with E-state index >= 15 is 0 Å². The van der Waals surface area contributed by atoms with Crippen molar-refractivity contribution >= 4 is 27.5 Å². The molecule has 0 atom stereocenters. The predicted molar refractivity (Wildman–Crippen MR) is 107 cm³/mol. The molecular formula is C19H23ClN2O5S. The molecule has 0 aliphatic heterocycles. The van der Waals surface area contributed by atoms with Crippen molar-refractivity contribution in [3.8, 4) is 5.75 Å². The van der Waals surface area contributed by atoms with Crippen LogP contribution in [0.2, 0.25) is 5.02 Å². The van der Waals surface area contributed by atoms with Gasteiger partial charge in [0, 0.05) is 27.2 Å². The molecule has 2 rings (SSSR count). The smallest absolute Gasteiger partial charge is 0.260 e. The van der Waals surface area contributed by atoms with Crippen LogP contribution < -0.4 is 9.46 Å². The zero-order valence-corrected chi connectivity index (χ0v) is 17.3. The van der Waals surface area contributed by atoms with Gasteiger partial charge in [-0.05, 0) is 23.8 Å². The van der Waals surface area contributed by atoms with Crippen molar-refractivity contribution in [2.75, 3.05) is 33.9 Å². The number of amides is 1. The number of hydrogen-bond donors (Lipinski definition) is 1. The summed E-state index contributed by atoms with van der Waals surface area (Å²) in [5.41, 5.74) is 1.01. The van der Waals surface area contributed by atoms with E-state index in [1.54, 1.807) is 11.9 Å². The number of benzene rings is 2. The molecule has 7 nitrogen and oxygen atoms in total. The molecular weight excluding hydrogens is 404 g/mol. The number of sulfonamides is 1. The average molecular weight is 427 g/mol. The fourth-order valence-corrected chi connectivity index (χ4v) is 3.66. The number of halogens is 1. The van der Waals surface area contributed by atoms with Crippen LogP contribution in [0, 0.1) is 0 Å². The Bertz CT molecular complexity index is 890. The number of likely N-dealkylation sites (N-methyl/N-ethyl adjacent to an activating group) is 1. The Labute approximate surface area is 170 Å². The first-order chi connectivity index (χ1) is 13.3. The third-order valence-electron chi connectivity index (χ3n) is 3.85. The van der Waals surface area contributed by atoms with Crippen molar-refractivity contribution < 1.29 is 22.7 Å². The van der Waals surface area contributed by atoms with Gasteiger partial charge in [0.1, 0.15) is 5.75 Å². The summed E-state index contributed by atoms with van der Waals surface area (Å²) in [5, 5.41) is 0.105. The highest BCUT2D eigenvalue weighted by molar-refractivity contribution is 7.89. The van der Waals surface area contributed by atoms with Crippen LogP contribution in [0.5, 0.6) is 5.75 Å². The van der Waals surface area contributed by atoms with Gasteiger partial charge >= 0.3 is 0 Å². The first-order valence-electron chi connectivity index (χ1n) is 8.52. The molecule has 152 valence electrons. The minimum atomic E-state index is -3.70. The highest BCUT2D eigenvalue weighted by Gasteiger charge is 2.17. The number of ether oxygens (including phenoxy) is 2. The molecule has 0 saturated carbocycles. The molecule has 0 aromatic heterocycles. The Balaban J connectivity index is 1.94. The van der Waals surface area contributed by atoms with Gasteiger partial charge < -0.3 is 14.4 Å². The second kappa shape index (κ2) is 10.4. The van der Waals surface area contributed by atoms with E-state index < -0.39 is 10.0 Å². The Morgan fingerprint density at radius 2 is 1.89 bits per heavy atom. The number of nitrogens with one attached hydrogen (secondary N) is 1. The Hall–Kier alpha value is -2.13. The van der Waals surface area contributed by atoms with Crippen molar-refractivity contribution in [2.24, 2.45) is 0 Å². The topological polar surface area (TPSA) is 84.9 Å². The van der Waals surface area contributed by atoms with Gasteiger partial charge in [0.15, 0.2) is 6.61 Å². The largest absolute Gasteiger partial charge is 0.482 e. The van der Waals surface area contributed by atoms with Crippen LogP contribution in [-0.4, -0.2) is 53.1 Å². The molecule has 0 fully saturated rings. The summed E-state index contributed by atoms with van der Waals surface area (Å²) in [4.78, 5) is 13.8. The molecule has 0 spiro atoms. The predicted octanol–water partition coefficient (Wildman–Crippen LogP) is 2.30. The summed E-state index contributed by atoms with van der Waals surface area (Å²) < 4.78 is 37.0. The Morgan fingerprint density at radius 1 is 1.18 bits per heavy atom. The van der Waals surface area contributed by atoms with Gasteiger partial charge in [-0.3, -0.25) is 4.79 Å². The fourth-order valence-electron chi connectivity index (χ4n) is 2.32. The third-order valence-corrected chi connectivity index (χ3v) is 5.61. The van der Waals surface area contributed by atoms with Gasteiger partial charge in [-0.1, -0.05) is 41.9 Å². The van der Waals surface area contributed by atoms with E-state index in [1.807, 2.05) is 30.3 Å². The Kier molecular flexibility index (Phi) is 8.25. The van der Waals surface area contributed by atoms with Crippen molar-refractivity contribution in [2.45, 2.75) is 11.4 Å². The first kappa shape index (κ1) is 22.2. The van der Waals surface area contributed by atoms with Crippen LogP contribution in [0.3, 0.4) is 0 Å². The summed E-state index contributed by atoms with van der Waals surface area (Å²) >= 11 is 6.12. The van der Waals surface area contributed by atoms with E-state index in [1.165, 1.54) is 25.3 Å². The first-order valence-corrected chi connectivity index (χ1v) is 10.4. The standard InChI is InChI=1S/C19H23ClN2O5S/c1-22(13-15-6-4-3-5-7-15)19(23)14-27-18-9-8-16(12-17(18)20)28(24,25)21-10-11-26-2/h3-9,12,21H,10-11,13-14H2,1-2H3. The van der Waals surface area contributed by atoms with E-state index in [4.69, 9.17) is 21.1 Å². The second-order valence-corrected chi connectivity index (χ2v) is 8.18. The lowest BCUT2D eigenvalue weighted by molar-refractivity contribution is -0.132. The number of hydrogen-bond acceptors (Lipinski definition) is 5. The summed E-state index contributed by atoms with van der Waals surface area (Å²) in [6.07, 6.45) is 0. The number of methoxy groups -OCH3 is 1. The molecule has 0 aliphatic carbocycles. The monoisotopic (exact) mass is 426 g/mol. The molecule has 28 heavy (non-hydrogen) atoms. The van der Waals surface area contributed by atoms with Gasteiger partial charge in [0.2, 0.25) is 10.0 Å². The number of nitrogens with zero attached hydrogens (tertiary/aromatic N) is 1. The van der Waals surface area contributed by atoms with Gasteiger partial charge in [-0.25, -0.2) is 13.1 Å². The molecule has 0 bridgehead atoms. The maximum absolute atomic E-state index is 12.2. The number of carbonyl (C=O) groups excluding carboxylic acids is 1. The lowest BCUT2D eigenvalue weighted by Gasteiger charge is -2.18. The van der Waals surface area contributed by atoms with E-state index in [9.17, 15) is 13.2 Å². The van der Waals surface area contributed by atoms with Crippen LogP contribution in [0.4, 0.5) is 0 Å². The van der Waals surface area contributed by atoms with E-state index in [0.29, 0.717) is 6.54 Å². The minimum absolute atomic E-state index is 0.00785. The highest BCUT2D eigenvalue weighted by atomic mass is 35.5. The summed E-state index contributed by atoms with van der Waals surface area (Å²) in [5.74, 6) is 0.0109. The normalized spacial score (nSPS) is 11.2. The third kappa shape index (κ3) is 6.49.